The molecule has 2 aliphatic rings. The van der Waals surface area contributed by atoms with Gasteiger partial charge in [0.2, 0.25) is 5.91 Å². The number of ketones is 1. The first kappa shape index (κ1) is 23.0. The van der Waals surface area contributed by atoms with E-state index in [0.29, 0.717) is 29.6 Å². The average molecular weight is 429 g/mol. The minimum absolute atomic E-state index is 0.00411. The third-order valence-electron chi connectivity index (χ3n) is 6.78. The maximum atomic E-state index is 12.6. The Labute approximate surface area is 183 Å². The van der Waals surface area contributed by atoms with Crippen LogP contribution >= 0.6 is 0 Å². The van der Waals surface area contributed by atoms with Gasteiger partial charge in [-0.1, -0.05) is 26.7 Å². The fraction of sp³-hybridized carbons (Fsp3) is 0.583. The Bertz CT molecular complexity index is 850. The number of benzene rings is 1. The molecule has 1 aromatic rings. The summed E-state index contributed by atoms with van der Waals surface area (Å²) in [5.74, 6) is -0.603. The van der Waals surface area contributed by atoms with Gasteiger partial charge in [0, 0.05) is 30.3 Å². The summed E-state index contributed by atoms with van der Waals surface area (Å²) in [6.07, 6.45) is 2.39. The van der Waals surface area contributed by atoms with Gasteiger partial charge in [-0.2, -0.15) is 0 Å². The first-order chi connectivity index (χ1) is 14.7. The molecule has 168 valence electrons. The Hall–Kier alpha value is -2.70. The van der Waals surface area contributed by atoms with E-state index in [1.54, 1.807) is 24.3 Å². The summed E-state index contributed by atoms with van der Waals surface area (Å²) < 4.78 is 5.38. The third kappa shape index (κ3) is 5.32. The van der Waals surface area contributed by atoms with Crippen LogP contribution in [0.15, 0.2) is 24.3 Å². The third-order valence-corrected chi connectivity index (χ3v) is 6.78. The van der Waals surface area contributed by atoms with Crippen LogP contribution in [0.25, 0.3) is 0 Å². The number of likely N-dealkylation sites (tertiary alicyclic amines) is 1. The molecule has 0 radical (unpaired) electrons. The van der Waals surface area contributed by atoms with Gasteiger partial charge in [-0.05, 0) is 56.4 Å². The first-order valence-electron chi connectivity index (χ1n) is 11.1. The molecule has 7 nitrogen and oxygen atoms in total. The van der Waals surface area contributed by atoms with E-state index in [-0.39, 0.29) is 24.2 Å². The van der Waals surface area contributed by atoms with Crippen LogP contribution in [-0.2, 0) is 19.1 Å². The number of carbonyl (C=O) groups excluding carboxylic acids is 4. The molecule has 0 aromatic heterocycles. The monoisotopic (exact) mass is 428 g/mol. The van der Waals surface area contributed by atoms with Crippen molar-refractivity contribution in [2.24, 2.45) is 17.8 Å². The standard InChI is InChI=1S/C24H32N2O5/c1-14-6-5-7-21(15(14)2)26-13-19(12-22(26)28)24(30)31-17(4)23(29)25-20-10-8-18(9-11-20)16(3)27/h8-11,14-15,17,19,21H,5-7,12-13H2,1-4H3,(H,25,29)/t14-,15+,17-,19+,21-/m0/s1. The molecule has 1 N–H and O–H groups in total. The molecule has 31 heavy (non-hydrogen) atoms. The lowest BCUT2D eigenvalue weighted by molar-refractivity contribution is -0.157. The molecule has 3 rings (SSSR count). The van der Waals surface area contributed by atoms with Crippen molar-refractivity contribution in [1.82, 2.24) is 4.90 Å². The Morgan fingerprint density at radius 3 is 2.45 bits per heavy atom. The molecule has 1 aliphatic heterocycles. The molecule has 2 amide bonds. The zero-order chi connectivity index (χ0) is 22.7. The van der Waals surface area contributed by atoms with E-state index in [4.69, 9.17) is 4.74 Å². The highest BCUT2D eigenvalue weighted by molar-refractivity contribution is 5.97. The average Bonchev–Trinajstić information content (AvgIpc) is 3.12. The van der Waals surface area contributed by atoms with Crippen molar-refractivity contribution in [2.75, 3.05) is 11.9 Å². The van der Waals surface area contributed by atoms with Gasteiger partial charge >= 0.3 is 5.97 Å². The predicted molar refractivity (Wildman–Crippen MR) is 116 cm³/mol. The maximum absolute atomic E-state index is 12.6. The molecular formula is C24H32N2O5. The smallest absolute Gasteiger partial charge is 0.312 e. The molecule has 2 fully saturated rings. The lowest BCUT2D eigenvalue weighted by Gasteiger charge is -2.39. The lowest BCUT2D eigenvalue weighted by atomic mass is 9.77. The van der Waals surface area contributed by atoms with Crippen molar-refractivity contribution < 1.29 is 23.9 Å². The summed E-state index contributed by atoms with van der Waals surface area (Å²) >= 11 is 0. The number of esters is 1. The molecule has 1 aromatic carbocycles. The Morgan fingerprint density at radius 2 is 1.81 bits per heavy atom. The summed E-state index contributed by atoms with van der Waals surface area (Å²) in [6, 6.07) is 6.68. The fourth-order valence-electron chi connectivity index (χ4n) is 4.56. The topological polar surface area (TPSA) is 92.8 Å². The maximum Gasteiger partial charge on any atom is 0.312 e. The number of nitrogens with one attached hydrogen (secondary N) is 1. The van der Waals surface area contributed by atoms with E-state index < -0.39 is 23.9 Å². The van der Waals surface area contributed by atoms with Crippen molar-refractivity contribution >= 4 is 29.3 Å². The number of carbonyl (C=O) groups is 4. The molecule has 1 saturated carbocycles. The highest BCUT2D eigenvalue weighted by Crippen LogP contribution is 2.36. The van der Waals surface area contributed by atoms with Gasteiger partial charge in [0.15, 0.2) is 11.9 Å². The van der Waals surface area contributed by atoms with E-state index in [1.165, 1.54) is 20.3 Å². The Balaban J connectivity index is 1.54. The van der Waals surface area contributed by atoms with Crippen LogP contribution in [0, 0.1) is 17.8 Å². The van der Waals surface area contributed by atoms with Crippen LogP contribution in [0.3, 0.4) is 0 Å². The van der Waals surface area contributed by atoms with E-state index >= 15 is 0 Å². The van der Waals surface area contributed by atoms with E-state index in [1.807, 2.05) is 4.90 Å². The number of anilines is 1. The molecule has 7 heteroatoms. The quantitative estimate of drug-likeness (QED) is 0.553. The van der Waals surface area contributed by atoms with Crippen LogP contribution in [0.2, 0.25) is 0 Å². The van der Waals surface area contributed by atoms with Gasteiger partial charge in [0.05, 0.1) is 5.92 Å². The molecule has 0 unspecified atom stereocenters. The molecule has 1 heterocycles. The fourth-order valence-corrected chi connectivity index (χ4v) is 4.56. The SMILES string of the molecule is CC(=O)c1ccc(NC(=O)[C@H](C)OC(=O)[C@@H]2CC(=O)N([C@H]3CCC[C@H](C)[C@H]3C)C2)cc1. The summed E-state index contributed by atoms with van der Waals surface area (Å²) in [7, 11) is 0. The summed E-state index contributed by atoms with van der Waals surface area (Å²) in [5.41, 5.74) is 1.06. The predicted octanol–water partition coefficient (Wildman–Crippen LogP) is 3.43. The van der Waals surface area contributed by atoms with Crippen LogP contribution in [0.5, 0.6) is 0 Å². The van der Waals surface area contributed by atoms with E-state index in [2.05, 4.69) is 19.2 Å². The first-order valence-corrected chi connectivity index (χ1v) is 11.1. The number of amides is 2. The lowest BCUT2D eigenvalue weighted by Crippen LogP contribution is -2.45. The highest BCUT2D eigenvalue weighted by atomic mass is 16.5. The highest BCUT2D eigenvalue weighted by Gasteiger charge is 2.42. The second-order valence-electron chi connectivity index (χ2n) is 8.98. The van der Waals surface area contributed by atoms with Crippen molar-refractivity contribution in [3.05, 3.63) is 29.8 Å². The number of ether oxygens (including phenoxy) is 1. The summed E-state index contributed by atoms with van der Waals surface area (Å²) in [5, 5.41) is 2.68. The normalized spacial score (nSPS) is 27.0. The number of hydrogen-bond donors (Lipinski definition) is 1. The van der Waals surface area contributed by atoms with Gasteiger partial charge in [0.25, 0.3) is 5.91 Å². The summed E-state index contributed by atoms with van der Waals surface area (Å²) in [4.78, 5) is 50.8. The van der Waals surface area contributed by atoms with Crippen molar-refractivity contribution in [3.8, 4) is 0 Å². The van der Waals surface area contributed by atoms with E-state index in [0.717, 1.165) is 12.8 Å². The van der Waals surface area contributed by atoms with Crippen LogP contribution in [0.4, 0.5) is 5.69 Å². The summed E-state index contributed by atoms with van der Waals surface area (Å²) in [6.45, 7) is 7.75. The minimum atomic E-state index is -0.988. The van der Waals surface area contributed by atoms with Crippen molar-refractivity contribution in [3.63, 3.8) is 0 Å². The molecule has 5 atom stereocenters. The van der Waals surface area contributed by atoms with Gasteiger partial charge in [-0.3, -0.25) is 19.2 Å². The Kier molecular flexibility index (Phi) is 7.13. The number of hydrogen-bond acceptors (Lipinski definition) is 5. The number of rotatable bonds is 6. The second-order valence-corrected chi connectivity index (χ2v) is 8.98. The van der Waals surface area contributed by atoms with Gasteiger partial charge in [0.1, 0.15) is 0 Å². The van der Waals surface area contributed by atoms with Gasteiger partial charge in [-0.15, -0.1) is 0 Å². The molecule has 1 aliphatic carbocycles. The second kappa shape index (κ2) is 9.62. The van der Waals surface area contributed by atoms with Crippen LogP contribution in [0.1, 0.15) is 63.7 Å². The van der Waals surface area contributed by atoms with Gasteiger partial charge in [-0.25, -0.2) is 0 Å². The van der Waals surface area contributed by atoms with Crippen LogP contribution in [-0.4, -0.2) is 47.2 Å². The Morgan fingerprint density at radius 1 is 1.13 bits per heavy atom. The zero-order valence-electron chi connectivity index (χ0n) is 18.7. The van der Waals surface area contributed by atoms with Crippen LogP contribution < -0.4 is 5.32 Å². The van der Waals surface area contributed by atoms with E-state index in [9.17, 15) is 19.2 Å². The molecule has 0 bridgehead atoms. The van der Waals surface area contributed by atoms with Crippen molar-refractivity contribution in [1.29, 1.82) is 0 Å². The zero-order valence-corrected chi connectivity index (χ0v) is 18.7. The molecule has 1 saturated heterocycles. The minimum Gasteiger partial charge on any atom is -0.452 e. The number of Topliss-reactive ketones (excluding diaryl/α,β-unsaturated/α-hetero) is 1. The van der Waals surface area contributed by atoms with Gasteiger partial charge < -0.3 is 15.0 Å². The molecule has 0 spiro atoms. The van der Waals surface area contributed by atoms with Crippen molar-refractivity contribution in [2.45, 2.75) is 65.5 Å². The number of nitrogens with zero attached hydrogens (tertiary/aromatic N) is 1. The largest absolute Gasteiger partial charge is 0.452 e. The molecular weight excluding hydrogens is 396 g/mol.